The van der Waals surface area contributed by atoms with Crippen LogP contribution >= 0.6 is 0 Å². The molecule has 0 saturated heterocycles. The fourth-order valence-electron chi connectivity index (χ4n) is 4.26. The van der Waals surface area contributed by atoms with Crippen LogP contribution in [0.1, 0.15) is 48.7 Å². The van der Waals surface area contributed by atoms with Crippen LogP contribution in [0.3, 0.4) is 0 Å². The van der Waals surface area contributed by atoms with Gasteiger partial charge in [-0.05, 0) is 43.0 Å². The van der Waals surface area contributed by atoms with E-state index in [0.717, 1.165) is 41.4 Å². The van der Waals surface area contributed by atoms with Gasteiger partial charge in [0, 0.05) is 37.1 Å². The van der Waals surface area contributed by atoms with Crippen molar-refractivity contribution < 1.29 is 17.9 Å². The zero-order chi connectivity index (χ0) is 24.0. The first-order chi connectivity index (χ1) is 16.3. The van der Waals surface area contributed by atoms with Crippen molar-refractivity contribution in [2.24, 2.45) is 7.05 Å². The van der Waals surface area contributed by atoms with E-state index in [-0.39, 0.29) is 11.9 Å². The van der Waals surface area contributed by atoms with E-state index < -0.39 is 11.9 Å². The van der Waals surface area contributed by atoms with E-state index in [1.165, 1.54) is 10.9 Å². The van der Waals surface area contributed by atoms with Gasteiger partial charge in [0.15, 0.2) is 5.69 Å². The molecule has 1 saturated carbocycles. The van der Waals surface area contributed by atoms with E-state index in [1.807, 2.05) is 36.0 Å². The van der Waals surface area contributed by atoms with Gasteiger partial charge in [-0.2, -0.15) is 18.3 Å². The van der Waals surface area contributed by atoms with E-state index in [2.05, 4.69) is 20.1 Å². The molecule has 5 rings (SSSR count). The largest absolute Gasteiger partial charge is 0.480 e. The maximum atomic E-state index is 13.3. The fraction of sp³-hybridized carbons (Fsp3) is 0.333. The molecule has 4 aromatic rings. The average molecular weight is 468 g/mol. The summed E-state index contributed by atoms with van der Waals surface area (Å²) in [4.78, 5) is 12.8. The third-order valence-corrected chi connectivity index (χ3v) is 6.12. The molecule has 0 aliphatic heterocycles. The Labute approximate surface area is 194 Å². The smallest absolute Gasteiger partial charge is 0.434 e. The lowest BCUT2D eigenvalue weighted by molar-refractivity contribution is -0.140. The second-order valence-corrected chi connectivity index (χ2v) is 8.44. The van der Waals surface area contributed by atoms with Crippen LogP contribution in [-0.2, 0) is 13.2 Å². The van der Waals surface area contributed by atoms with Crippen molar-refractivity contribution in [2.45, 2.75) is 37.9 Å². The van der Waals surface area contributed by atoms with Crippen molar-refractivity contribution in [3.63, 3.8) is 0 Å². The summed E-state index contributed by atoms with van der Waals surface area (Å²) in [5.74, 6) is 0.947. The Kier molecular flexibility index (Phi) is 5.38. The molecule has 3 aromatic heterocycles. The molecular formula is C24H23F3N6O. The lowest BCUT2D eigenvalue weighted by Gasteiger charge is -2.21. The number of methoxy groups -OCH3 is 1. The molecule has 1 fully saturated rings. The second kappa shape index (κ2) is 8.27. The number of benzene rings is 1. The molecule has 0 spiro atoms. The number of rotatable bonds is 6. The minimum Gasteiger partial charge on any atom is -0.480 e. The van der Waals surface area contributed by atoms with Crippen LogP contribution in [0.5, 0.6) is 5.88 Å². The van der Waals surface area contributed by atoms with Crippen molar-refractivity contribution in [1.29, 1.82) is 0 Å². The summed E-state index contributed by atoms with van der Waals surface area (Å²) in [7, 11) is 3.11. The average Bonchev–Trinajstić information content (AvgIpc) is 3.35. The van der Waals surface area contributed by atoms with E-state index >= 15 is 0 Å². The summed E-state index contributed by atoms with van der Waals surface area (Å²) in [6.45, 7) is 2.01. The van der Waals surface area contributed by atoms with Crippen LogP contribution in [0.25, 0.3) is 22.5 Å². The third-order valence-electron chi connectivity index (χ3n) is 6.12. The molecule has 1 unspecified atom stereocenters. The van der Waals surface area contributed by atoms with Gasteiger partial charge in [-0.15, -0.1) is 0 Å². The second-order valence-electron chi connectivity index (χ2n) is 8.44. The molecule has 0 bridgehead atoms. The molecule has 7 nitrogen and oxygen atoms in total. The maximum Gasteiger partial charge on any atom is 0.434 e. The van der Waals surface area contributed by atoms with Crippen molar-refractivity contribution in [3.05, 3.63) is 66.1 Å². The van der Waals surface area contributed by atoms with Crippen molar-refractivity contribution in [1.82, 2.24) is 29.3 Å². The predicted molar refractivity (Wildman–Crippen MR) is 119 cm³/mol. The summed E-state index contributed by atoms with van der Waals surface area (Å²) in [6, 6.07) is 7.24. The topological polar surface area (TPSA) is 70.7 Å². The van der Waals surface area contributed by atoms with Gasteiger partial charge in [0.25, 0.3) is 0 Å². The molecule has 1 aromatic carbocycles. The van der Waals surface area contributed by atoms with Crippen molar-refractivity contribution in [2.75, 3.05) is 7.11 Å². The summed E-state index contributed by atoms with van der Waals surface area (Å²) >= 11 is 0. The monoisotopic (exact) mass is 468 g/mol. The highest BCUT2D eigenvalue weighted by molar-refractivity contribution is 5.79. The van der Waals surface area contributed by atoms with Gasteiger partial charge in [-0.25, -0.2) is 15.0 Å². The number of imidazole rings is 1. The zero-order valence-electron chi connectivity index (χ0n) is 18.9. The molecule has 1 aliphatic rings. The summed E-state index contributed by atoms with van der Waals surface area (Å²) in [5.41, 5.74) is 2.98. The Morgan fingerprint density at radius 3 is 2.59 bits per heavy atom. The van der Waals surface area contributed by atoms with Crippen LogP contribution in [0.15, 0.2) is 49.2 Å². The summed E-state index contributed by atoms with van der Waals surface area (Å²) < 4.78 is 48.7. The standard InChI is InChI=1S/C24H23F3N6O/c1-14(33-10-4-9-30-33)17-8-7-16(22-31-19(12-32(22)2)24(25,26)27)11-18(17)20-21(15-5-6-15)28-13-29-23(20)34-3/h4,7-15H,5-6H2,1-3H3. The fourth-order valence-corrected chi connectivity index (χ4v) is 4.26. The van der Waals surface area contributed by atoms with Crippen LogP contribution < -0.4 is 4.74 Å². The molecule has 0 amide bonds. The van der Waals surface area contributed by atoms with Crippen LogP contribution in [0.4, 0.5) is 13.2 Å². The highest BCUT2D eigenvalue weighted by Crippen LogP contribution is 2.47. The minimum absolute atomic E-state index is 0.150. The maximum absolute atomic E-state index is 13.3. The minimum atomic E-state index is -4.52. The Bertz CT molecular complexity index is 1330. The SMILES string of the molecule is COc1ncnc(C2CC2)c1-c1cc(-c2nc(C(F)(F)F)cn2C)ccc1C(C)n1cccn1. The molecule has 1 aliphatic carbocycles. The Morgan fingerprint density at radius 2 is 1.97 bits per heavy atom. The van der Waals surface area contributed by atoms with Crippen LogP contribution in [0, 0.1) is 0 Å². The van der Waals surface area contributed by atoms with E-state index in [0.29, 0.717) is 17.4 Å². The quantitative estimate of drug-likeness (QED) is 0.386. The third kappa shape index (κ3) is 3.93. The van der Waals surface area contributed by atoms with Gasteiger partial charge in [0.1, 0.15) is 12.2 Å². The molecule has 10 heteroatoms. The van der Waals surface area contributed by atoms with Gasteiger partial charge in [0.05, 0.1) is 24.4 Å². The van der Waals surface area contributed by atoms with Gasteiger partial charge < -0.3 is 9.30 Å². The molecule has 1 atom stereocenters. The first kappa shape index (κ1) is 22.1. The number of nitrogens with zero attached hydrogens (tertiary/aromatic N) is 6. The first-order valence-electron chi connectivity index (χ1n) is 10.9. The van der Waals surface area contributed by atoms with Gasteiger partial charge in [0.2, 0.25) is 5.88 Å². The highest BCUT2D eigenvalue weighted by atomic mass is 19.4. The lowest BCUT2D eigenvalue weighted by atomic mass is 9.91. The van der Waals surface area contributed by atoms with Gasteiger partial charge in [-0.3, -0.25) is 4.68 Å². The van der Waals surface area contributed by atoms with Gasteiger partial charge in [-0.1, -0.05) is 12.1 Å². The predicted octanol–water partition coefficient (Wildman–Crippen LogP) is 5.25. The van der Waals surface area contributed by atoms with Crippen LogP contribution in [-0.4, -0.2) is 36.4 Å². The number of aromatic nitrogens is 6. The number of hydrogen-bond donors (Lipinski definition) is 0. The Balaban J connectivity index is 1.74. The molecular weight excluding hydrogens is 445 g/mol. The number of aryl methyl sites for hydroxylation is 1. The zero-order valence-corrected chi connectivity index (χ0v) is 18.9. The Morgan fingerprint density at radius 1 is 1.18 bits per heavy atom. The Hall–Kier alpha value is -3.69. The van der Waals surface area contributed by atoms with Crippen LogP contribution in [0.2, 0.25) is 0 Å². The normalized spacial score (nSPS) is 14.9. The highest BCUT2D eigenvalue weighted by Gasteiger charge is 2.35. The molecule has 34 heavy (non-hydrogen) atoms. The van der Waals surface area contributed by atoms with Crippen molar-refractivity contribution in [3.8, 4) is 28.4 Å². The number of hydrogen-bond acceptors (Lipinski definition) is 5. The first-order valence-corrected chi connectivity index (χ1v) is 10.9. The van der Waals surface area contributed by atoms with E-state index in [4.69, 9.17) is 4.74 Å². The molecule has 0 radical (unpaired) electrons. The van der Waals surface area contributed by atoms with Crippen molar-refractivity contribution >= 4 is 0 Å². The number of halogens is 3. The lowest BCUT2D eigenvalue weighted by Crippen LogP contribution is -2.10. The van der Waals surface area contributed by atoms with E-state index in [1.54, 1.807) is 26.4 Å². The number of alkyl halides is 3. The van der Waals surface area contributed by atoms with Gasteiger partial charge >= 0.3 is 6.18 Å². The summed E-state index contributed by atoms with van der Waals surface area (Å²) in [5, 5.41) is 4.38. The number of ether oxygens (including phenoxy) is 1. The molecule has 0 N–H and O–H groups in total. The molecule has 3 heterocycles. The molecule has 176 valence electrons. The van der Waals surface area contributed by atoms with E-state index in [9.17, 15) is 13.2 Å². The summed E-state index contributed by atoms with van der Waals surface area (Å²) in [6.07, 6.45) is 3.58.